The van der Waals surface area contributed by atoms with Gasteiger partial charge < -0.3 is 10.1 Å². The van der Waals surface area contributed by atoms with E-state index < -0.39 is 30.3 Å². The maximum absolute atomic E-state index is 12.7. The number of hydrogen-bond donors (Lipinski definition) is 1. The summed E-state index contributed by atoms with van der Waals surface area (Å²) in [5.74, 6) is -2.14. The number of carbonyl (C=O) groups excluding carboxylic acids is 4. The summed E-state index contributed by atoms with van der Waals surface area (Å²) < 4.78 is 5.98. The Labute approximate surface area is 236 Å². The van der Waals surface area contributed by atoms with E-state index in [-0.39, 0.29) is 44.2 Å². The van der Waals surface area contributed by atoms with Crippen LogP contribution in [0.25, 0.3) is 0 Å². The molecular weight excluding hydrogens is 618 g/mol. The third kappa shape index (κ3) is 6.17. The Hall–Kier alpha value is -1.84. The van der Waals surface area contributed by atoms with Crippen molar-refractivity contribution in [2.24, 2.45) is 0 Å². The first-order valence-corrected chi connectivity index (χ1v) is 13.2. The van der Waals surface area contributed by atoms with Gasteiger partial charge in [-0.05, 0) is 49.9 Å². The minimum atomic E-state index is -0.595. The molecule has 0 aliphatic carbocycles. The average Bonchev–Trinajstić information content (AvgIpc) is 3.08. The summed E-state index contributed by atoms with van der Waals surface area (Å²) >= 11 is 27.7. The second-order valence-corrected chi connectivity index (χ2v) is 10.6. The molecule has 7 nitrogen and oxygen atoms in total. The predicted molar refractivity (Wildman–Crippen MR) is 144 cm³/mol. The molecule has 3 amide bonds. The quantitative estimate of drug-likeness (QED) is 0.105. The molecule has 1 N–H and O–H groups in total. The highest BCUT2D eigenvalue weighted by Crippen LogP contribution is 2.44. The number of benzene rings is 2. The van der Waals surface area contributed by atoms with E-state index in [1.54, 1.807) is 0 Å². The van der Waals surface area contributed by atoms with Crippen LogP contribution in [0.3, 0.4) is 0 Å². The maximum atomic E-state index is 12.7. The zero-order valence-corrected chi connectivity index (χ0v) is 23.9. The number of amides is 3. The fourth-order valence-electron chi connectivity index (χ4n) is 3.63. The molecule has 0 bridgehead atoms. The van der Waals surface area contributed by atoms with Crippen LogP contribution in [0.2, 0.25) is 20.1 Å². The van der Waals surface area contributed by atoms with Gasteiger partial charge in [0, 0.05) is 23.1 Å². The number of aryl methyl sites for hydroxylation is 2. The molecule has 0 saturated heterocycles. The van der Waals surface area contributed by atoms with E-state index in [9.17, 15) is 19.2 Å². The molecule has 1 aliphatic rings. The summed E-state index contributed by atoms with van der Waals surface area (Å²) in [7, 11) is 0. The van der Waals surface area contributed by atoms with Crippen molar-refractivity contribution < 1.29 is 23.9 Å². The van der Waals surface area contributed by atoms with E-state index in [4.69, 9.17) is 51.1 Å². The Kier molecular flexibility index (Phi) is 9.68. The second-order valence-electron chi connectivity index (χ2n) is 8.20. The van der Waals surface area contributed by atoms with Crippen molar-refractivity contribution in [2.45, 2.75) is 39.5 Å². The number of hydrogen-bond acceptors (Lipinski definition) is 5. The molecule has 2 aromatic carbocycles. The van der Waals surface area contributed by atoms with Crippen molar-refractivity contribution in [1.82, 2.24) is 4.90 Å². The normalized spacial score (nSPS) is 12.7. The monoisotopic (exact) mass is 636 g/mol. The van der Waals surface area contributed by atoms with Crippen molar-refractivity contribution >= 4 is 91.7 Å². The van der Waals surface area contributed by atoms with Gasteiger partial charge in [-0.25, -0.2) is 0 Å². The lowest BCUT2D eigenvalue weighted by Crippen LogP contribution is -2.30. The number of fused-ring (bicyclic) bond motifs is 1. The number of rotatable bonds is 9. The van der Waals surface area contributed by atoms with Crippen LogP contribution in [-0.2, 0) is 14.3 Å². The van der Waals surface area contributed by atoms with Gasteiger partial charge in [0.15, 0.2) is 6.61 Å². The van der Waals surface area contributed by atoms with Crippen molar-refractivity contribution in [3.05, 3.63) is 58.9 Å². The van der Waals surface area contributed by atoms with Crippen LogP contribution in [0.5, 0.6) is 0 Å². The van der Waals surface area contributed by atoms with Gasteiger partial charge in [-0.2, -0.15) is 0 Å². The highest BCUT2D eigenvalue weighted by molar-refractivity contribution is 9.10. The Morgan fingerprint density at radius 3 is 2.06 bits per heavy atom. The first-order valence-electron chi connectivity index (χ1n) is 10.9. The van der Waals surface area contributed by atoms with Gasteiger partial charge in [-0.1, -0.05) is 68.8 Å². The Balaban J connectivity index is 1.41. The van der Waals surface area contributed by atoms with E-state index in [0.717, 1.165) is 20.5 Å². The lowest BCUT2D eigenvalue weighted by atomic mass is 10.1. The molecule has 36 heavy (non-hydrogen) atoms. The zero-order valence-electron chi connectivity index (χ0n) is 19.3. The topological polar surface area (TPSA) is 92.8 Å². The molecule has 192 valence electrons. The number of esters is 1. The van der Waals surface area contributed by atoms with E-state index in [2.05, 4.69) is 21.2 Å². The molecule has 1 heterocycles. The van der Waals surface area contributed by atoms with Gasteiger partial charge in [0.25, 0.3) is 17.7 Å². The summed E-state index contributed by atoms with van der Waals surface area (Å²) in [6, 6.07) is 3.73. The molecule has 0 aromatic heterocycles. The molecule has 12 heteroatoms. The largest absolute Gasteiger partial charge is 0.456 e. The summed E-state index contributed by atoms with van der Waals surface area (Å²) in [5.41, 5.74) is 2.37. The molecule has 0 saturated carbocycles. The van der Waals surface area contributed by atoms with Crippen LogP contribution in [0.1, 0.15) is 57.5 Å². The molecule has 0 unspecified atom stereocenters. The Bertz CT molecular complexity index is 1220. The molecule has 2 aromatic rings. The lowest BCUT2D eigenvalue weighted by Gasteiger charge is -2.13. The average molecular weight is 639 g/mol. The number of nitrogens with one attached hydrogen (secondary N) is 1. The standard InChI is InChI=1S/C24H21BrCl4N2O5/c1-11-9-14(12(2)8-13(11)25)30-15(32)10-36-16(33)6-4-3-5-7-31-23(34)17-18(24(31)35)20(27)22(29)21(28)19(17)26/h8-9H,3-7,10H2,1-2H3,(H,30,32). The van der Waals surface area contributed by atoms with Gasteiger partial charge in [0.1, 0.15) is 0 Å². The minimum Gasteiger partial charge on any atom is -0.456 e. The SMILES string of the molecule is Cc1cc(NC(=O)COC(=O)CCCCCN2C(=O)c3c(Cl)c(Cl)c(Cl)c(Cl)c3C2=O)c(C)cc1Br. The molecule has 0 radical (unpaired) electrons. The Morgan fingerprint density at radius 2 is 1.47 bits per heavy atom. The zero-order chi connectivity index (χ0) is 26.7. The molecule has 0 spiro atoms. The van der Waals surface area contributed by atoms with Crippen molar-refractivity contribution in [3.63, 3.8) is 0 Å². The fourth-order valence-corrected chi connectivity index (χ4v) is 5.11. The predicted octanol–water partition coefficient (Wildman–Crippen LogP) is 7.02. The number of imide groups is 1. The highest BCUT2D eigenvalue weighted by atomic mass is 79.9. The van der Waals surface area contributed by atoms with Gasteiger partial charge in [0.05, 0.1) is 31.2 Å². The molecular formula is C24H21BrCl4N2O5. The summed E-state index contributed by atoms with van der Waals surface area (Å²) in [5, 5.41) is 2.34. The molecule has 0 fully saturated rings. The summed E-state index contributed by atoms with van der Waals surface area (Å²) in [4.78, 5) is 50.6. The summed E-state index contributed by atoms with van der Waals surface area (Å²) in [6.45, 7) is 3.48. The van der Waals surface area contributed by atoms with E-state index in [1.165, 1.54) is 0 Å². The summed E-state index contributed by atoms with van der Waals surface area (Å²) in [6.07, 6.45) is 1.52. The number of nitrogens with zero attached hydrogens (tertiary/aromatic N) is 1. The smallest absolute Gasteiger partial charge is 0.306 e. The molecule has 3 rings (SSSR count). The van der Waals surface area contributed by atoms with Crippen LogP contribution in [-0.4, -0.2) is 41.7 Å². The molecule has 0 atom stereocenters. The van der Waals surface area contributed by atoms with E-state index >= 15 is 0 Å². The van der Waals surface area contributed by atoms with Crippen LogP contribution in [0, 0.1) is 13.8 Å². The number of ether oxygens (including phenoxy) is 1. The van der Waals surface area contributed by atoms with Gasteiger partial charge in [0.2, 0.25) is 0 Å². The third-order valence-corrected chi connectivity index (χ3v) is 8.25. The van der Waals surface area contributed by atoms with Crippen LogP contribution < -0.4 is 5.32 Å². The van der Waals surface area contributed by atoms with Crippen LogP contribution >= 0.6 is 62.3 Å². The number of anilines is 1. The second kappa shape index (κ2) is 12.1. The third-order valence-electron chi connectivity index (χ3n) is 5.59. The number of carbonyl (C=O) groups is 4. The van der Waals surface area contributed by atoms with Crippen LogP contribution in [0.15, 0.2) is 16.6 Å². The van der Waals surface area contributed by atoms with E-state index in [0.29, 0.717) is 24.9 Å². The maximum Gasteiger partial charge on any atom is 0.306 e. The highest BCUT2D eigenvalue weighted by Gasteiger charge is 2.41. The van der Waals surface area contributed by atoms with Gasteiger partial charge in [-0.3, -0.25) is 24.1 Å². The number of unbranched alkanes of at least 4 members (excludes halogenated alkanes) is 2. The van der Waals surface area contributed by atoms with E-state index in [1.807, 2.05) is 26.0 Å². The fraction of sp³-hybridized carbons (Fsp3) is 0.333. The van der Waals surface area contributed by atoms with Crippen LogP contribution in [0.4, 0.5) is 5.69 Å². The van der Waals surface area contributed by atoms with Crippen molar-refractivity contribution in [2.75, 3.05) is 18.5 Å². The Morgan fingerprint density at radius 1 is 0.889 bits per heavy atom. The van der Waals surface area contributed by atoms with Crippen molar-refractivity contribution in [3.8, 4) is 0 Å². The number of halogens is 5. The minimum absolute atomic E-state index is 0.0589. The molecule has 1 aliphatic heterocycles. The van der Waals surface area contributed by atoms with Crippen molar-refractivity contribution in [1.29, 1.82) is 0 Å². The van der Waals surface area contributed by atoms with Gasteiger partial charge in [-0.15, -0.1) is 0 Å². The first kappa shape index (κ1) is 28.7. The lowest BCUT2D eigenvalue weighted by molar-refractivity contribution is -0.147. The first-order chi connectivity index (χ1) is 16.9. The van der Waals surface area contributed by atoms with Gasteiger partial charge >= 0.3 is 5.97 Å².